The molecule has 1 aliphatic heterocycles. The van der Waals surface area contributed by atoms with E-state index in [1.807, 2.05) is 17.0 Å². The molecule has 1 aliphatic rings. The Bertz CT molecular complexity index is 696. The summed E-state index contributed by atoms with van der Waals surface area (Å²) in [4.78, 5) is 22.4. The molecular weight excluding hydrogens is 321 g/mol. The van der Waals surface area contributed by atoms with E-state index in [0.717, 1.165) is 24.1 Å². The highest BCUT2D eigenvalue weighted by Crippen LogP contribution is 2.14. The number of ether oxygens (including phenoxy) is 1. The van der Waals surface area contributed by atoms with E-state index in [1.54, 1.807) is 18.6 Å². The molecule has 5 nitrogen and oxygen atoms in total. The van der Waals surface area contributed by atoms with Gasteiger partial charge in [-0.3, -0.25) is 4.79 Å². The van der Waals surface area contributed by atoms with E-state index in [1.165, 1.54) is 12.1 Å². The van der Waals surface area contributed by atoms with Gasteiger partial charge in [-0.05, 0) is 43.0 Å². The van der Waals surface area contributed by atoms with Crippen molar-refractivity contribution in [2.24, 2.45) is 0 Å². The van der Waals surface area contributed by atoms with Crippen LogP contribution in [0.4, 0.5) is 4.39 Å². The monoisotopic (exact) mass is 343 g/mol. The average Bonchev–Trinajstić information content (AvgIpc) is 2.65. The van der Waals surface area contributed by atoms with Gasteiger partial charge in [-0.1, -0.05) is 12.1 Å². The van der Waals surface area contributed by atoms with Gasteiger partial charge in [0.2, 0.25) is 5.91 Å². The Morgan fingerprint density at radius 3 is 3.04 bits per heavy atom. The zero-order valence-corrected chi connectivity index (χ0v) is 14.1. The molecule has 0 radical (unpaired) electrons. The number of morpholine rings is 1. The van der Waals surface area contributed by atoms with Crippen molar-refractivity contribution in [1.82, 2.24) is 14.9 Å². The fraction of sp³-hybridized carbons (Fsp3) is 0.421. The zero-order chi connectivity index (χ0) is 17.5. The largest absolute Gasteiger partial charge is 0.375 e. The first-order valence-electron chi connectivity index (χ1n) is 8.59. The van der Waals surface area contributed by atoms with E-state index >= 15 is 0 Å². The van der Waals surface area contributed by atoms with Crippen molar-refractivity contribution >= 4 is 5.91 Å². The Morgan fingerprint density at radius 1 is 1.32 bits per heavy atom. The lowest BCUT2D eigenvalue weighted by atomic mass is 10.1. The van der Waals surface area contributed by atoms with Gasteiger partial charge < -0.3 is 9.64 Å². The Balaban J connectivity index is 1.46. The van der Waals surface area contributed by atoms with Crippen LogP contribution in [-0.4, -0.2) is 46.6 Å². The summed E-state index contributed by atoms with van der Waals surface area (Å²) < 4.78 is 19.0. The predicted octanol–water partition coefficient (Wildman–Crippen LogP) is 2.41. The summed E-state index contributed by atoms with van der Waals surface area (Å²) in [6.45, 7) is 1.78. The molecule has 2 aromatic rings. The summed E-state index contributed by atoms with van der Waals surface area (Å²) in [7, 11) is 0. The highest BCUT2D eigenvalue weighted by molar-refractivity contribution is 5.76. The highest BCUT2D eigenvalue weighted by atomic mass is 19.1. The van der Waals surface area contributed by atoms with Crippen LogP contribution in [0, 0.1) is 5.82 Å². The number of hydrogen-bond donors (Lipinski definition) is 0. The number of benzene rings is 1. The first kappa shape index (κ1) is 17.5. The molecule has 1 saturated heterocycles. The van der Waals surface area contributed by atoms with Gasteiger partial charge in [-0.25, -0.2) is 14.4 Å². The second-order valence-corrected chi connectivity index (χ2v) is 6.20. The maximum atomic E-state index is 13.2. The number of amides is 1. The SMILES string of the molecule is O=C(CCc1cccc(F)c1)N1CCOC(CCc2ccncn2)C1. The van der Waals surface area contributed by atoms with Crippen LogP contribution in [0.3, 0.4) is 0 Å². The van der Waals surface area contributed by atoms with Gasteiger partial charge in [-0.2, -0.15) is 0 Å². The molecule has 1 amide bonds. The van der Waals surface area contributed by atoms with Crippen molar-refractivity contribution in [2.45, 2.75) is 31.8 Å². The average molecular weight is 343 g/mol. The molecule has 2 heterocycles. The number of carbonyl (C=O) groups is 1. The van der Waals surface area contributed by atoms with Crippen LogP contribution in [0.2, 0.25) is 0 Å². The third kappa shape index (κ3) is 5.32. The van der Waals surface area contributed by atoms with E-state index in [2.05, 4.69) is 9.97 Å². The van der Waals surface area contributed by atoms with Crippen LogP contribution in [-0.2, 0) is 22.4 Å². The quantitative estimate of drug-likeness (QED) is 0.808. The normalized spacial score (nSPS) is 17.5. The molecule has 1 aromatic heterocycles. The van der Waals surface area contributed by atoms with E-state index in [4.69, 9.17) is 4.74 Å². The van der Waals surface area contributed by atoms with Crippen LogP contribution in [0.5, 0.6) is 0 Å². The van der Waals surface area contributed by atoms with Crippen LogP contribution >= 0.6 is 0 Å². The smallest absolute Gasteiger partial charge is 0.223 e. The molecule has 132 valence electrons. The molecule has 0 bridgehead atoms. The number of nitrogens with zero attached hydrogens (tertiary/aromatic N) is 3. The lowest BCUT2D eigenvalue weighted by molar-refractivity contribution is -0.138. The number of halogens is 1. The van der Waals surface area contributed by atoms with Crippen LogP contribution < -0.4 is 0 Å². The Morgan fingerprint density at radius 2 is 2.24 bits per heavy atom. The second kappa shape index (κ2) is 8.67. The van der Waals surface area contributed by atoms with Crippen LogP contribution in [0.25, 0.3) is 0 Å². The maximum Gasteiger partial charge on any atom is 0.223 e. The minimum absolute atomic E-state index is 0.0295. The first-order chi connectivity index (χ1) is 12.2. The number of aryl methyl sites for hydroxylation is 2. The van der Waals surface area contributed by atoms with Gasteiger partial charge in [-0.15, -0.1) is 0 Å². The van der Waals surface area contributed by atoms with E-state index in [-0.39, 0.29) is 17.8 Å². The van der Waals surface area contributed by atoms with Gasteiger partial charge in [0, 0.05) is 31.4 Å². The van der Waals surface area contributed by atoms with Crippen LogP contribution in [0.15, 0.2) is 42.9 Å². The van der Waals surface area contributed by atoms with Crippen molar-refractivity contribution in [2.75, 3.05) is 19.7 Å². The summed E-state index contributed by atoms with van der Waals surface area (Å²) in [5.74, 6) is -0.166. The Kier molecular flexibility index (Phi) is 6.06. The molecule has 1 fully saturated rings. The molecule has 0 saturated carbocycles. The van der Waals surface area contributed by atoms with Gasteiger partial charge in [0.1, 0.15) is 12.1 Å². The Hall–Kier alpha value is -2.34. The van der Waals surface area contributed by atoms with Gasteiger partial charge >= 0.3 is 0 Å². The van der Waals surface area contributed by atoms with E-state index < -0.39 is 0 Å². The van der Waals surface area contributed by atoms with E-state index in [9.17, 15) is 9.18 Å². The standard InChI is InChI=1S/C19H22FN3O2/c20-16-3-1-2-15(12-16)4-7-19(24)23-10-11-25-18(13-23)6-5-17-8-9-21-14-22-17/h1-3,8-9,12,14,18H,4-7,10-11,13H2. The maximum absolute atomic E-state index is 13.2. The third-order valence-corrected chi connectivity index (χ3v) is 4.37. The molecule has 0 N–H and O–H groups in total. The van der Waals surface area contributed by atoms with Crippen molar-refractivity contribution in [3.8, 4) is 0 Å². The molecule has 0 aliphatic carbocycles. The van der Waals surface area contributed by atoms with Crippen molar-refractivity contribution in [3.63, 3.8) is 0 Å². The molecule has 1 atom stereocenters. The van der Waals surface area contributed by atoms with E-state index in [0.29, 0.717) is 32.5 Å². The van der Waals surface area contributed by atoms with Crippen molar-refractivity contribution in [1.29, 1.82) is 0 Å². The third-order valence-electron chi connectivity index (χ3n) is 4.37. The Labute approximate surface area is 146 Å². The minimum Gasteiger partial charge on any atom is -0.375 e. The van der Waals surface area contributed by atoms with Crippen molar-refractivity contribution in [3.05, 3.63) is 59.9 Å². The summed E-state index contributed by atoms with van der Waals surface area (Å²) >= 11 is 0. The molecule has 6 heteroatoms. The number of carbonyl (C=O) groups excluding carboxylic acids is 1. The summed E-state index contributed by atoms with van der Waals surface area (Å²) in [6, 6.07) is 8.31. The molecular formula is C19H22FN3O2. The van der Waals surface area contributed by atoms with Crippen molar-refractivity contribution < 1.29 is 13.9 Å². The molecule has 1 unspecified atom stereocenters. The molecule has 3 rings (SSSR count). The fourth-order valence-electron chi connectivity index (χ4n) is 3.00. The highest BCUT2D eigenvalue weighted by Gasteiger charge is 2.23. The lowest BCUT2D eigenvalue weighted by Gasteiger charge is -2.33. The summed E-state index contributed by atoms with van der Waals surface area (Å²) in [5.41, 5.74) is 1.83. The fourth-order valence-corrected chi connectivity index (χ4v) is 3.00. The molecule has 0 spiro atoms. The number of rotatable bonds is 6. The summed E-state index contributed by atoms with van der Waals surface area (Å²) in [6.07, 6.45) is 5.87. The van der Waals surface area contributed by atoms with Gasteiger partial charge in [0.15, 0.2) is 0 Å². The predicted molar refractivity (Wildman–Crippen MR) is 91.4 cm³/mol. The minimum atomic E-state index is -0.263. The zero-order valence-electron chi connectivity index (χ0n) is 14.1. The van der Waals surface area contributed by atoms with Gasteiger partial charge in [0.05, 0.1) is 12.7 Å². The van der Waals surface area contributed by atoms with Crippen LogP contribution in [0.1, 0.15) is 24.1 Å². The lowest BCUT2D eigenvalue weighted by Crippen LogP contribution is -2.45. The molecule has 1 aromatic carbocycles. The topological polar surface area (TPSA) is 55.3 Å². The van der Waals surface area contributed by atoms with Gasteiger partial charge in [0.25, 0.3) is 0 Å². The molecule has 25 heavy (non-hydrogen) atoms. The first-order valence-corrected chi connectivity index (χ1v) is 8.59. The number of hydrogen-bond acceptors (Lipinski definition) is 4. The summed E-state index contributed by atoms with van der Waals surface area (Å²) in [5, 5.41) is 0. The second-order valence-electron chi connectivity index (χ2n) is 6.20. The number of aromatic nitrogens is 2.